The van der Waals surface area contributed by atoms with E-state index < -0.39 is 11.2 Å². The van der Waals surface area contributed by atoms with Gasteiger partial charge in [-0.05, 0) is 28.5 Å². The third-order valence-corrected chi connectivity index (χ3v) is 5.58. The Hall–Kier alpha value is -3.41. The summed E-state index contributed by atoms with van der Waals surface area (Å²) in [6.07, 6.45) is 1.47. The van der Waals surface area contributed by atoms with Crippen LogP contribution in [-0.4, -0.2) is 15.0 Å². The average Bonchev–Trinajstić information content (AvgIpc) is 2.77. The minimum atomic E-state index is -0.501. The van der Waals surface area contributed by atoms with Crippen molar-refractivity contribution in [2.45, 2.75) is 52.7 Å². The average molecular weight is 434 g/mol. The number of carbonyl (C=O) groups is 1. The number of amides is 1. The molecule has 0 bridgehead atoms. The van der Waals surface area contributed by atoms with E-state index in [9.17, 15) is 14.4 Å². The number of aromatic nitrogens is 2. The molecule has 6 nitrogen and oxygen atoms in total. The second-order valence-corrected chi connectivity index (χ2v) is 8.75. The molecule has 1 atom stereocenters. The topological polar surface area (TPSA) is 73.1 Å². The van der Waals surface area contributed by atoms with Gasteiger partial charge in [0.1, 0.15) is 6.54 Å². The van der Waals surface area contributed by atoms with Crippen LogP contribution in [0.4, 0.5) is 0 Å². The van der Waals surface area contributed by atoms with Gasteiger partial charge in [-0.1, -0.05) is 82.3 Å². The molecule has 0 fully saturated rings. The van der Waals surface area contributed by atoms with Crippen molar-refractivity contribution in [3.05, 3.63) is 104 Å². The first-order chi connectivity index (χ1) is 15.3. The lowest BCUT2D eigenvalue weighted by Gasteiger charge is -2.23. The van der Waals surface area contributed by atoms with E-state index in [1.165, 1.54) is 22.4 Å². The summed E-state index contributed by atoms with van der Waals surface area (Å²) in [5.41, 5.74) is 2.18. The molecule has 0 spiro atoms. The van der Waals surface area contributed by atoms with Crippen LogP contribution in [0.25, 0.3) is 0 Å². The number of hydrogen-bond acceptors (Lipinski definition) is 3. The van der Waals surface area contributed by atoms with Gasteiger partial charge in [0.2, 0.25) is 5.91 Å². The predicted octanol–water partition coefficient (Wildman–Crippen LogP) is 3.70. The Morgan fingerprint density at radius 1 is 0.875 bits per heavy atom. The van der Waals surface area contributed by atoms with Crippen molar-refractivity contribution in [3.63, 3.8) is 0 Å². The van der Waals surface area contributed by atoms with E-state index in [-0.39, 0.29) is 24.4 Å². The van der Waals surface area contributed by atoms with Gasteiger partial charge in [0.15, 0.2) is 0 Å². The van der Waals surface area contributed by atoms with Crippen LogP contribution in [0.1, 0.15) is 56.3 Å². The van der Waals surface area contributed by atoms with E-state index in [1.807, 2.05) is 56.3 Å². The van der Waals surface area contributed by atoms with Gasteiger partial charge in [0.25, 0.3) is 5.56 Å². The van der Waals surface area contributed by atoms with Gasteiger partial charge < -0.3 is 5.32 Å². The van der Waals surface area contributed by atoms with E-state index in [4.69, 9.17) is 0 Å². The first-order valence-corrected chi connectivity index (χ1v) is 11.0. The Morgan fingerprint density at radius 2 is 1.50 bits per heavy atom. The van der Waals surface area contributed by atoms with E-state index >= 15 is 0 Å². The van der Waals surface area contributed by atoms with Crippen molar-refractivity contribution >= 4 is 5.91 Å². The van der Waals surface area contributed by atoms with Gasteiger partial charge in [0, 0.05) is 12.3 Å². The minimum Gasteiger partial charge on any atom is -0.347 e. The maximum absolute atomic E-state index is 12.9. The highest BCUT2D eigenvalue weighted by molar-refractivity contribution is 5.76. The van der Waals surface area contributed by atoms with Crippen molar-refractivity contribution in [2.24, 2.45) is 5.92 Å². The molecule has 0 saturated carbocycles. The van der Waals surface area contributed by atoms with Crippen LogP contribution in [0.2, 0.25) is 0 Å². The van der Waals surface area contributed by atoms with Gasteiger partial charge in [-0.25, -0.2) is 4.79 Å². The number of nitrogens with one attached hydrogen (secondary N) is 1. The maximum atomic E-state index is 12.9. The highest BCUT2D eigenvalue weighted by atomic mass is 16.2. The molecule has 168 valence electrons. The first kappa shape index (κ1) is 23.3. The van der Waals surface area contributed by atoms with E-state index in [1.54, 1.807) is 0 Å². The summed E-state index contributed by atoms with van der Waals surface area (Å²) < 4.78 is 2.42. The SMILES string of the molecule is CC(C)c1ccc(C(NC(=O)Cn2c(=O)ccn(Cc3ccccc3)c2=O)C(C)C)cc1. The molecule has 32 heavy (non-hydrogen) atoms. The van der Waals surface area contributed by atoms with E-state index in [0.717, 1.165) is 15.7 Å². The van der Waals surface area contributed by atoms with Crippen LogP contribution in [0, 0.1) is 5.92 Å². The number of hydrogen-bond donors (Lipinski definition) is 1. The first-order valence-electron chi connectivity index (χ1n) is 11.0. The minimum absolute atomic E-state index is 0.145. The summed E-state index contributed by atoms with van der Waals surface area (Å²) in [7, 11) is 0. The van der Waals surface area contributed by atoms with Gasteiger partial charge in [-0.3, -0.25) is 18.7 Å². The second-order valence-electron chi connectivity index (χ2n) is 8.75. The van der Waals surface area contributed by atoms with Crippen LogP contribution < -0.4 is 16.6 Å². The van der Waals surface area contributed by atoms with Crippen LogP contribution in [0.15, 0.2) is 76.4 Å². The molecule has 1 aromatic heterocycles. The van der Waals surface area contributed by atoms with Crippen molar-refractivity contribution < 1.29 is 4.79 Å². The van der Waals surface area contributed by atoms with Crippen molar-refractivity contribution in [3.8, 4) is 0 Å². The van der Waals surface area contributed by atoms with Crippen molar-refractivity contribution in [1.82, 2.24) is 14.5 Å². The zero-order valence-corrected chi connectivity index (χ0v) is 19.1. The fraction of sp³-hybridized carbons (Fsp3) is 0.346. The Morgan fingerprint density at radius 3 is 2.09 bits per heavy atom. The third kappa shape index (κ3) is 5.63. The molecule has 1 N–H and O–H groups in total. The number of benzene rings is 2. The molecule has 1 heterocycles. The molecule has 0 aliphatic heterocycles. The lowest BCUT2D eigenvalue weighted by molar-refractivity contribution is -0.122. The zero-order chi connectivity index (χ0) is 23.3. The summed E-state index contributed by atoms with van der Waals surface area (Å²) in [5.74, 6) is 0.207. The van der Waals surface area contributed by atoms with Crippen LogP contribution in [0.3, 0.4) is 0 Å². The van der Waals surface area contributed by atoms with Crippen LogP contribution in [0.5, 0.6) is 0 Å². The molecule has 3 rings (SSSR count). The lowest BCUT2D eigenvalue weighted by Crippen LogP contribution is -2.44. The molecular weight excluding hydrogens is 402 g/mol. The molecule has 2 aromatic carbocycles. The molecule has 0 aliphatic rings. The molecule has 1 amide bonds. The van der Waals surface area contributed by atoms with Crippen LogP contribution >= 0.6 is 0 Å². The number of carbonyl (C=O) groups excluding carboxylic acids is 1. The monoisotopic (exact) mass is 433 g/mol. The molecule has 3 aromatic rings. The standard InChI is InChI=1S/C26H31N3O3/c1-18(2)21-10-12-22(13-11-21)25(19(3)4)27-23(30)17-29-24(31)14-15-28(26(29)32)16-20-8-6-5-7-9-20/h5-15,18-19,25H,16-17H2,1-4H3,(H,27,30). The molecule has 0 radical (unpaired) electrons. The number of nitrogens with zero attached hydrogens (tertiary/aromatic N) is 2. The maximum Gasteiger partial charge on any atom is 0.331 e. The molecular formula is C26H31N3O3. The quantitative estimate of drug-likeness (QED) is 0.589. The van der Waals surface area contributed by atoms with Crippen LogP contribution in [-0.2, 0) is 17.9 Å². The summed E-state index contributed by atoms with van der Waals surface area (Å²) in [4.78, 5) is 38.0. The Bertz CT molecular complexity index is 1160. The van der Waals surface area contributed by atoms with Gasteiger partial charge >= 0.3 is 5.69 Å². The predicted molar refractivity (Wildman–Crippen MR) is 127 cm³/mol. The molecule has 1 unspecified atom stereocenters. The Balaban J connectivity index is 1.78. The van der Waals surface area contributed by atoms with E-state index in [2.05, 4.69) is 31.3 Å². The Labute approximate surface area is 188 Å². The Kier molecular flexibility index (Phi) is 7.46. The molecule has 6 heteroatoms. The molecule has 0 aliphatic carbocycles. The largest absolute Gasteiger partial charge is 0.347 e. The number of rotatable bonds is 8. The second kappa shape index (κ2) is 10.3. The highest BCUT2D eigenvalue weighted by Gasteiger charge is 2.20. The summed E-state index contributed by atoms with van der Waals surface area (Å²) in [6, 6.07) is 18.8. The van der Waals surface area contributed by atoms with Gasteiger partial charge in [-0.15, -0.1) is 0 Å². The smallest absolute Gasteiger partial charge is 0.331 e. The van der Waals surface area contributed by atoms with Gasteiger partial charge in [-0.2, -0.15) is 0 Å². The third-order valence-electron chi connectivity index (χ3n) is 5.58. The highest BCUT2D eigenvalue weighted by Crippen LogP contribution is 2.24. The summed E-state index contributed by atoms with van der Waals surface area (Å²) in [5, 5.41) is 3.01. The normalized spacial score (nSPS) is 12.2. The summed E-state index contributed by atoms with van der Waals surface area (Å²) >= 11 is 0. The fourth-order valence-electron chi connectivity index (χ4n) is 3.69. The molecule has 0 saturated heterocycles. The fourth-order valence-corrected chi connectivity index (χ4v) is 3.69. The zero-order valence-electron chi connectivity index (χ0n) is 19.1. The van der Waals surface area contributed by atoms with Crippen molar-refractivity contribution in [2.75, 3.05) is 0 Å². The van der Waals surface area contributed by atoms with Gasteiger partial charge in [0.05, 0.1) is 12.6 Å². The van der Waals surface area contributed by atoms with E-state index in [0.29, 0.717) is 12.5 Å². The lowest BCUT2D eigenvalue weighted by atomic mass is 9.93. The van der Waals surface area contributed by atoms with Crippen molar-refractivity contribution in [1.29, 1.82) is 0 Å². The summed E-state index contributed by atoms with van der Waals surface area (Å²) in [6.45, 7) is 8.35.